The molecule has 26 heavy (non-hydrogen) atoms. The third-order valence-corrected chi connectivity index (χ3v) is 4.12. The van der Waals surface area contributed by atoms with Gasteiger partial charge in [0, 0.05) is 20.6 Å². The van der Waals surface area contributed by atoms with E-state index in [4.69, 9.17) is 16.3 Å². The molecule has 0 radical (unpaired) electrons. The number of hydrogen-bond donors (Lipinski definition) is 2. The molecule has 2 rings (SSSR count). The number of carbonyl (C=O) groups is 2. The van der Waals surface area contributed by atoms with E-state index >= 15 is 0 Å². The van der Waals surface area contributed by atoms with E-state index in [9.17, 15) is 9.59 Å². The fourth-order valence-corrected chi connectivity index (χ4v) is 2.52. The van der Waals surface area contributed by atoms with Crippen LogP contribution in [0.15, 0.2) is 52.0 Å². The number of amides is 2. The minimum Gasteiger partial charge on any atom is -0.494 e. The Balaban J connectivity index is 1.86. The molecule has 2 aromatic rings. The number of nitrogens with zero attached hydrogens (tertiary/aromatic N) is 1. The lowest BCUT2D eigenvalue weighted by Crippen LogP contribution is -2.34. The van der Waals surface area contributed by atoms with Gasteiger partial charge in [0.2, 0.25) is 0 Å². The zero-order chi connectivity index (χ0) is 18.9. The van der Waals surface area contributed by atoms with Gasteiger partial charge in [-0.2, -0.15) is 5.10 Å². The van der Waals surface area contributed by atoms with Crippen LogP contribution in [0.4, 0.5) is 0 Å². The third kappa shape index (κ3) is 6.16. The van der Waals surface area contributed by atoms with Crippen molar-refractivity contribution in [2.24, 2.45) is 5.10 Å². The monoisotopic (exact) mass is 437 g/mol. The van der Waals surface area contributed by atoms with Crippen LogP contribution < -0.4 is 15.5 Å². The zero-order valence-corrected chi connectivity index (χ0v) is 16.3. The van der Waals surface area contributed by atoms with Crippen molar-refractivity contribution in [2.75, 3.05) is 13.2 Å². The normalized spacial score (nSPS) is 10.6. The van der Waals surface area contributed by atoms with Gasteiger partial charge in [0.05, 0.1) is 19.4 Å². The molecule has 0 spiro atoms. The highest BCUT2D eigenvalue weighted by Crippen LogP contribution is 2.21. The molecule has 0 atom stereocenters. The zero-order valence-electron chi connectivity index (χ0n) is 14.0. The lowest BCUT2D eigenvalue weighted by Gasteiger charge is -2.06. The van der Waals surface area contributed by atoms with Crippen LogP contribution in [-0.2, 0) is 4.79 Å². The fourth-order valence-electron chi connectivity index (χ4n) is 1.98. The summed E-state index contributed by atoms with van der Waals surface area (Å²) in [6.07, 6.45) is 1.49. The number of halogens is 2. The number of benzene rings is 2. The lowest BCUT2D eigenvalue weighted by atomic mass is 10.2. The molecule has 0 heterocycles. The Morgan fingerprint density at radius 1 is 1.27 bits per heavy atom. The highest BCUT2D eigenvalue weighted by Gasteiger charge is 2.08. The summed E-state index contributed by atoms with van der Waals surface area (Å²) >= 11 is 9.23. The van der Waals surface area contributed by atoms with Crippen LogP contribution in [0.2, 0.25) is 5.02 Å². The largest absolute Gasteiger partial charge is 0.494 e. The van der Waals surface area contributed by atoms with E-state index in [1.54, 1.807) is 24.3 Å². The van der Waals surface area contributed by atoms with Gasteiger partial charge < -0.3 is 10.1 Å². The Morgan fingerprint density at radius 3 is 2.81 bits per heavy atom. The summed E-state index contributed by atoms with van der Waals surface area (Å²) in [7, 11) is 0. The molecular weight excluding hydrogens is 422 g/mol. The second-order valence-corrected chi connectivity index (χ2v) is 6.39. The van der Waals surface area contributed by atoms with Gasteiger partial charge in [-0.05, 0) is 43.3 Å². The Kier molecular flexibility index (Phi) is 7.62. The van der Waals surface area contributed by atoms with Crippen LogP contribution in [0, 0.1) is 0 Å². The molecule has 6 nitrogen and oxygen atoms in total. The number of hydrogen-bond acceptors (Lipinski definition) is 4. The first-order chi connectivity index (χ1) is 12.5. The van der Waals surface area contributed by atoms with Gasteiger partial charge in [0.25, 0.3) is 11.8 Å². The fraction of sp³-hybridized carbons (Fsp3) is 0.167. The maximum absolute atomic E-state index is 11.9. The molecule has 136 valence electrons. The summed E-state index contributed by atoms with van der Waals surface area (Å²) in [5.74, 6) is -0.134. The predicted molar refractivity (Wildman–Crippen MR) is 105 cm³/mol. The molecule has 2 N–H and O–H groups in total. The summed E-state index contributed by atoms with van der Waals surface area (Å²) < 4.78 is 6.23. The minimum atomic E-state index is -0.450. The molecule has 0 saturated heterocycles. The van der Waals surface area contributed by atoms with Crippen molar-refractivity contribution in [3.05, 3.63) is 63.1 Å². The second-order valence-electron chi connectivity index (χ2n) is 5.10. The molecule has 0 aromatic heterocycles. The lowest BCUT2D eigenvalue weighted by molar-refractivity contribution is -0.120. The van der Waals surface area contributed by atoms with Crippen molar-refractivity contribution in [3.63, 3.8) is 0 Å². The van der Waals surface area contributed by atoms with Crippen LogP contribution in [0.3, 0.4) is 0 Å². The van der Waals surface area contributed by atoms with Gasteiger partial charge >= 0.3 is 0 Å². The van der Waals surface area contributed by atoms with Gasteiger partial charge in [0.15, 0.2) is 0 Å². The summed E-state index contributed by atoms with van der Waals surface area (Å²) in [6, 6.07) is 11.9. The van der Waals surface area contributed by atoms with E-state index in [0.29, 0.717) is 22.9 Å². The van der Waals surface area contributed by atoms with Crippen molar-refractivity contribution < 1.29 is 14.3 Å². The average molecular weight is 439 g/mol. The maximum atomic E-state index is 11.9. The average Bonchev–Trinajstić information content (AvgIpc) is 2.62. The number of nitrogens with one attached hydrogen (secondary N) is 2. The molecule has 0 fully saturated rings. The molecule has 0 saturated carbocycles. The first-order valence-electron chi connectivity index (χ1n) is 7.77. The summed E-state index contributed by atoms with van der Waals surface area (Å²) in [5, 5.41) is 6.84. The highest BCUT2D eigenvalue weighted by molar-refractivity contribution is 9.10. The molecular formula is C18H17BrClN3O3. The Morgan fingerprint density at radius 2 is 2.08 bits per heavy atom. The minimum absolute atomic E-state index is 0.206. The van der Waals surface area contributed by atoms with E-state index in [1.807, 2.05) is 19.1 Å². The predicted octanol–water partition coefficient (Wildman–Crippen LogP) is 3.38. The molecule has 0 aliphatic rings. The van der Waals surface area contributed by atoms with E-state index in [2.05, 4.69) is 31.8 Å². The van der Waals surface area contributed by atoms with E-state index in [1.165, 1.54) is 12.3 Å². The van der Waals surface area contributed by atoms with Crippen LogP contribution in [0.25, 0.3) is 0 Å². The molecule has 0 unspecified atom stereocenters. The van der Waals surface area contributed by atoms with Gasteiger partial charge in [0.1, 0.15) is 5.75 Å². The number of rotatable bonds is 7. The van der Waals surface area contributed by atoms with E-state index in [-0.39, 0.29) is 6.54 Å². The Hall–Kier alpha value is -2.38. The van der Waals surface area contributed by atoms with Crippen molar-refractivity contribution in [1.82, 2.24) is 10.7 Å². The molecule has 2 aromatic carbocycles. The smallest absolute Gasteiger partial charge is 0.259 e. The highest BCUT2D eigenvalue weighted by atomic mass is 79.9. The number of carbonyl (C=O) groups excluding carboxylic acids is 2. The summed E-state index contributed by atoms with van der Waals surface area (Å²) in [4.78, 5) is 23.7. The Bertz CT molecular complexity index is 827. The van der Waals surface area contributed by atoms with Gasteiger partial charge in [-0.1, -0.05) is 33.6 Å². The third-order valence-electron chi connectivity index (χ3n) is 3.17. The molecule has 0 aliphatic heterocycles. The van der Waals surface area contributed by atoms with E-state index < -0.39 is 11.8 Å². The van der Waals surface area contributed by atoms with Gasteiger partial charge in [-0.15, -0.1) is 0 Å². The van der Waals surface area contributed by atoms with Crippen molar-refractivity contribution in [1.29, 1.82) is 0 Å². The molecule has 2 amide bonds. The Labute approximate surface area is 164 Å². The van der Waals surface area contributed by atoms with Gasteiger partial charge in [-0.25, -0.2) is 5.43 Å². The second kappa shape index (κ2) is 9.94. The summed E-state index contributed by atoms with van der Waals surface area (Å²) in [5.41, 5.74) is 3.49. The van der Waals surface area contributed by atoms with Crippen molar-refractivity contribution >= 4 is 45.6 Å². The van der Waals surface area contributed by atoms with Crippen LogP contribution in [0.1, 0.15) is 22.8 Å². The van der Waals surface area contributed by atoms with Crippen LogP contribution >= 0.6 is 27.5 Å². The topological polar surface area (TPSA) is 79.8 Å². The number of hydrazone groups is 1. The number of ether oxygens (including phenoxy) is 1. The first-order valence-corrected chi connectivity index (χ1v) is 8.94. The SMILES string of the molecule is CCOc1ccc(Br)c(/C=N\NC(=O)CNC(=O)c2cccc(Cl)c2)c1. The van der Waals surface area contributed by atoms with Crippen LogP contribution in [0.5, 0.6) is 5.75 Å². The van der Waals surface area contributed by atoms with Crippen LogP contribution in [-0.4, -0.2) is 31.2 Å². The standard InChI is InChI=1S/C18H17BrClN3O3/c1-2-26-15-6-7-16(19)13(9-15)10-22-23-17(24)11-21-18(25)12-4-3-5-14(20)8-12/h3-10H,2,11H2,1H3,(H,21,25)(H,23,24)/b22-10-. The quantitative estimate of drug-likeness (QED) is 0.514. The molecule has 0 aliphatic carbocycles. The molecule has 8 heteroatoms. The molecule has 0 bridgehead atoms. The first kappa shape index (κ1) is 19.9. The van der Waals surface area contributed by atoms with Crippen molar-refractivity contribution in [3.8, 4) is 5.75 Å². The van der Waals surface area contributed by atoms with Gasteiger partial charge in [-0.3, -0.25) is 9.59 Å². The maximum Gasteiger partial charge on any atom is 0.259 e. The van der Waals surface area contributed by atoms with Crippen molar-refractivity contribution in [2.45, 2.75) is 6.92 Å². The van der Waals surface area contributed by atoms with E-state index in [0.717, 1.165) is 10.0 Å². The summed E-state index contributed by atoms with van der Waals surface area (Å²) in [6.45, 7) is 2.25.